The van der Waals surface area contributed by atoms with Gasteiger partial charge in [-0.3, -0.25) is 4.79 Å². The van der Waals surface area contributed by atoms with Gasteiger partial charge in [0.05, 0.1) is 7.11 Å². The molecule has 0 bridgehead atoms. The average Bonchev–Trinajstić information content (AvgIpc) is 2.73. The van der Waals surface area contributed by atoms with Gasteiger partial charge in [-0.15, -0.1) is 0 Å². The molecule has 1 heterocycles. The Balaban J connectivity index is 2.53. The number of esters is 1. The van der Waals surface area contributed by atoms with E-state index in [9.17, 15) is 4.79 Å². The zero-order chi connectivity index (χ0) is 12.0. The summed E-state index contributed by atoms with van der Waals surface area (Å²) in [6, 6.07) is 4.44. The van der Waals surface area contributed by atoms with Crippen LogP contribution in [0.1, 0.15) is 26.0 Å². The molecule has 4 nitrogen and oxygen atoms in total. The second-order valence-electron chi connectivity index (χ2n) is 3.89. The third-order valence-electron chi connectivity index (χ3n) is 2.69. The van der Waals surface area contributed by atoms with Crippen molar-refractivity contribution in [1.29, 1.82) is 0 Å². The van der Waals surface area contributed by atoms with E-state index in [-0.39, 0.29) is 12.5 Å². The van der Waals surface area contributed by atoms with Crippen LogP contribution < -0.4 is 5.32 Å². The van der Waals surface area contributed by atoms with Crippen LogP contribution in [0.4, 0.5) is 0 Å². The molecule has 0 spiro atoms. The van der Waals surface area contributed by atoms with Crippen LogP contribution in [-0.4, -0.2) is 23.7 Å². The highest BCUT2D eigenvalue weighted by Gasteiger charge is 2.06. The van der Waals surface area contributed by atoms with Crippen LogP contribution in [0.3, 0.4) is 0 Å². The molecule has 0 aliphatic rings. The summed E-state index contributed by atoms with van der Waals surface area (Å²) in [6.07, 6.45) is 2.99. The smallest absolute Gasteiger partial charge is 0.325 e. The molecule has 1 aromatic heterocycles. The number of carbonyl (C=O) groups is 1. The van der Waals surface area contributed by atoms with Crippen molar-refractivity contribution in [3.05, 3.63) is 24.0 Å². The highest BCUT2D eigenvalue weighted by Crippen LogP contribution is 2.03. The highest BCUT2D eigenvalue weighted by atomic mass is 16.5. The van der Waals surface area contributed by atoms with Gasteiger partial charge in [-0.1, -0.05) is 6.92 Å². The van der Waals surface area contributed by atoms with Gasteiger partial charge in [-0.25, -0.2) is 0 Å². The van der Waals surface area contributed by atoms with Crippen LogP contribution in [-0.2, 0) is 22.6 Å². The molecule has 0 saturated carbocycles. The summed E-state index contributed by atoms with van der Waals surface area (Å²) in [5.74, 6) is -0.221. The van der Waals surface area contributed by atoms with Gasteiger partial charge >= 0.3 is 5.97 Å². The van der Waals surface area contributed by atoms with Crippen molar-refractivity contribution in [1.82, 2.24) is 9.88 Å². The number of ether oxygens (including phenoxy) is 1. The molecule has 1 unspecified atom stereocenters. The number of carbonyl (C=O) groups excluding carboxylic acids is 1. The van der Waals surface area contributed by atoms with Crippen molar-refractivity contribution in [3.8, 4) is 0 Å². The summed E-state index contributed by atoms with van der Waals surface area (Å²) in [6.45, 7) is 5.35. The van der Waals surface area contributed by atoms with Crippen LogP contribution in [0.25, 0.3) is 0 Å². The first-order valence-electron chi connectivity index (χ1n) is 5.61. The summed E-state index contributed by atoms with van der Waals surface area (Å²) < 4.78 is 6.55. The van der Waals surface area contributed by atoms with E-state index in [0.717, 1.165) is 18.7 Å². The second-order valence-corrected chi connectivity index (χ2v) is 3.89. The van der Waals surface area contributed by atoms with Gasteiger partial charge in [-0.2, -0.15) is 0 Å². The van der Waals surface area contributed by atoms with E-state index in [1.807, 2.05) is 22.9 Å². The average molecular weight is 224 g/mol. The SMILES string of the molecule is CCC(C)NCc1cccn1CC(=O)OC. The predicted octanol–water partition coefficient (Wildman–Crippen LogP) is 1.55. The summed E-state index contributed by atoms with van der Waals surface area (Å²) in [5.41, 5.74) is 1.10. The number of methoxy groups -OCH3 is 1. The van der Waals surface area contributed by atoms with Gasteiger partial charge in [0.1, 0.15) is 6.54 Å². The minimum atomic E-state index is -0.221. The van der Waals surface area contributed by atoms with Crippen molar-refractivity contribution in [2.75, 3.05) is 7.11 Å². The van der Waals surface area contributed by atoms with Crippen LogP contribution in [0.2, 0.25) is 0 Å². The Morgan fingerprint density at radius 2 is 2.38 bits per heavy atom. The fourth-order valence-corrected chi connectivity index (χ4v) is 1.39. The minimum absolute atomic E-state index is 0.221. The number of hydrogen-bond donors (Lipinski definition) is 1. The Labute approximate surface area is 96.6 Å². The lowest BCUT2D eigenvalue weighted by molar-refractivity contribution is -0.141. The standard InChI is InChI=1S/C12H20N2O2/c1-4-10(2)13-8-11-6-5-7-14(11)9-12(15)16-3/h5-7,10,13H,4,8-9H2,1-3H3. The van der Waals surface area contributed by atoms with Gasteiger partial charge < -0.3 is 14.6 Å². The normalized spacial score (nSPS) is 12.4. The molecule has 0 aliphatic heterocycles. The van der Waals surface area contributed by atoms with Gasteiger partial charge in [0.25, 0.3) is 0 Å². The maximum Gasteiger partial charge on any atom is 0.325 e. The summed E-state index contributed by atoms with van der Waals surface area (Å²) >= 11 is 0. The fraction of sp³-hybridized carbons (Fsp3) is 0.583. The first-order valence-corrected chi connectivity index (χ1v) is 5.61. The maximum absolute atomic E-state index is 11.2. The number of nitrogens with zero attached hydrogens (tertiary/aromatic N) is 1. The van der Waals surface area contributed by atoms with Crippen molar-refractivity contribution in [3.63, 3.8) is 0 Å². The minimum Gasteiger partial charge on any atom is -0.468 e. The number of hydrogen-bond acceptors (Lipinski definition) is 3. The Hall–Kier alpha value is -1.29. The molecular weight excluding hydrogens is 204 g/mol. The van der Waals surface area contributed by atoms with Gasteiger partial charge in [-0.05, 0) is 25.5 Å². The van der Waals surface area contributed by atoms with Crippen LogP contribution in [0.15, 0.2) is 18.3 Å². The lowest BCUT2D eigenvalue weighted by Gasteiger charge is -2.13. The van der Waals surface area contributed by atoms with Crippen LogP contribution in [0, 0.1) is 0 Å². The predicted molar refractivity (Wildman–Crippen MR) is 63.0 cm³/mol. The molecule has 0 radical (unpaired) electrons. The van der Waals surface area contributed by atoms with Crippen molar-refractivity contribution < 1.29 is 9.53 Å². The Bertz CT molecular complexity index is 334. The van der Waals surface area contributed by atoms with Gasteiger partial charge in [0.15, 0.2) is 0 Å². The van der Waals surface area contributed by atoms with Crippen LogP contribution in [0.5, 0.6) is 0 Å². The van der Waals surface area contributed by atoms with Crippen molar-refractivity contribution in [2.24, 2.45) is 0 Å². The second kappa shape index (κ2) is 6.33. The summed E-state index contributed by atoms with van der Waals surface area (Å²) in [7, 11) is 1.41. The largest absolute Gasteiger partial charge is 0.468 e. The molecule has 16 heavy (non-hydrogen) atoms. The molecule has 1 N–H and O–H groups in total. The molecule has 0 aliphatic carbocycles. The van der Waals surface area contributed by atoms with E-state index < -0.39 is 0 Å². The van der Waals surface area contributed by atoms with Crippen molar-refractivity contribution >= 4 is 5.97 Å². The van der Waals surface area contributed by atoms with E-state index >= 15 is 0 Å². The lowest BCUT2D eigenvalue weighted by atomic mass is 10.2. The van der Waals surface area contributed by atoms with E-state index in [4.69, 9.17) is 0 Å². The molecule has 0 aromatic carbocycles. The van der Waals surface area contributed by atoms with Gasteiger partial charge in [0.2, 0.25) is 0 Å². The van der Waals surface area contributed by atoms with E-state index in [1.54, 1.807) is 0 Å². The molecule has 1 atom stereocenters. The van der Waals surface area contributed by atoms with Crippen LogP contribution >= 0.6 is 0 Å². The number of rotatable bonds is 6. The molecule has 1 aromatic rings. The molecule has 1 rings (SSSR count). The molecule has 4 heteroatoms. The maximum atomic E-state index is 11.2. The molecule has 90 valence electrons. The molecule has 0 fully saturated rings. The summed E-state index contributed by atoms with van der Waals surface area (Å²) in [5, 5.41) is 3.39. The zero-order valence-electron chi connectivity index (χ0n) is 10.2. The molecule has 0 amide bonds. The number of aromatic nitrogens is 1. The number of nitrogens with one attached hydrogen (secondary N) is 1. The van der Waals surface area contributed by atoms with E-state index in [2.05, 4.69) is 23.9 Å². The Morgan fingerprint density at radius 1 is 1.62 bits per heavy atom. The third kappa shape index (κ3) is 3.70. The first-order chi connectivity index (χ1) is 7.67. The lowest BCUT2D eigenvalue weighted by Crippen LogP contribution is -2.26. The van der Waals surface area contributed by atoms with E-state index in [1.165, 1.54) is 7.11 Å². The summed E-state index contributed by atoms with van der Waals surface area (Å²) in [4.78, 5) is 11.2. The fourth-order valence-electron chi connectivity index (χ4n) is 1.39. The first kappa shape index (κ1) is 12.8. The van der Waals surface area contributed by atoms with E-state index in [0.29, 0.717) is 6.04 Å². The Kier molecular flexibility index (Phi) is 5.05. The molecular formula is C12H20N2O2. The monoisotopic (exact) mass is 224 g/mol. The van der Waals surface area contributed by atoms with Crippen molar-refractivity contribution in [2.45, 2.75) is 39.4 Å². The molecule has 0 saturated heterocycles. The quantitative estimate of drug-likeness (QED) is 0.745. The zero-order valence-corrected chi connectivity index (χ0v) is 10.2. The third-order valence-corrected chi connectivity index (χ3v) is 2.69. The van der Waals surface area contributed by atoms with Gasteiger partial charge in [0, 0.05) is 24.5 Å². The Morgan fingerprint density at radius 3 is 3.00 bits per heavy atom. The highest BCUT2D eigenvalue weighted by molar-refractivity contribution is 5.69. The topological polar surface area (TPSA) is 43.3 Å².